The van der Waals surface area contributed by atoms with Crippen molar-refractivity contribution in [1.82, 2.24) is 9.55 Å². The molecule has 68 valence electrons. The van der Waals surface area contributed by atoms with Crippen molar-refractivity contribution in [1.29, 1.82) is 0 Å². The molecule has 13 heavy (non-hydrogen) atoms. The van der Waals surface area contributed by atoms with E-state index in [-0.39, 0.29) is 0 Å². The van der Waals surface area contributed by atoms with Crippen molar-refractivity contribution < 1.29 is 4.42 Å². The maximum atomic E-state index is 5.44. The maximum Gasteiger partial charge on any atom is 0.191 e. The van der Waals surface area contributed by atoms with Gasteiger partial charge in [-0.3, -0.25) is 0 Å². The Balaban J connectivity index is 2.45. The highest BCUT2D eigenvalue weighted by atomic mass is 16.4. The Bertz CT molecular complexity index is 400. The standard InChI is InChI=1S/C10H12N2O/c1-3-12-6-4-5-9(12)10-7-11-8(2)13-10/h4-7H,3H2,1-2H3. The number of aromatic nitrogens is 2. The molecule has 0 aliphatic rings. The summed E-state index contributed by atoms with van der Waals surface area (Å²) < 4.78 is 7.56. The lowest BCUT2D eigenvalue weighted by atomic mass is 10.3. The molecule has 0 N–H and O–H groups in total. The molecule has 0 saturated heterocycles. The van der Waals surface area contributed by atoms with Gasteiger partial charge in [0.05, 0.1) is 11.9 Å². The summed E-state index contributed by atoms with van der Waals surface area (Å²) >= 11 is 0. The summed E-state index contributed by atoms with van der Waals surface area (Å²) in [5.74, 6) is 1.54. The zero-order valence-corrected chi connectivity index (χ0v) is 7.82. The molecule has 0 radical (unpaired) electrons. The molecule has 0 spiro atoms. The van der Waals surface area contributed by atoms with Gasteiger partial charge in [-0.1, -0.05) is 0 Å². The lowest BCUT2D eigenvalue weighted by molar-refractivity contribution is 0.529. The largest absolute Gasteiger partial charge is 0.439 e. The lowest BCUT2D eigenvalue weighted by Crippen LogP contribution is -1.93. The first kappa shape index (κ1) is 8.10. The number of hydrogen-bond donors (Lipinski definition) is 0. The molecular formula is C10H12N2O. The van der Waals surface area contributed by atoms with Gasteiger partial charge in [0, 0.05) is 19.7 Å². The SMILES string of the molecule is CCn1cccc1-c1cnc(C)o1. The summed E-state index contributed by atoms with van der Waals surface area (Å²) in [5.41, 5.74) is 1.09. The van der Waals surface area contributed by atoms with E-state index in [1.807, 2.05) is 25.3 Å². The second kappa shape index (κ2) is 3.09. The highest BCUT2D eigenvalue weighted by molar-refractivity contribution is 5.51. The van der Waals surface area contributed by atoms with Gasteiger partial charge in [-0.2, -0.15) is 0 Å². The normalized spacial score (nSPS) is 10.6. The van der Waals surface area contributed by atoms with Gasteiger partial charge >= 0.3 is 0 Å². The van der Waals surface area contributed by atoms with Crippen LogP contribution in [-0.2, 0) is 6.54 Å². The Morgan fingerprint density at radius 3 is 3.00 bits per heavy atom. The van der Waals surface area contributed by atoms with Crippen LogP contribution in [0.5, 0.6) is 0 Å². The van der Waals surface area contributed by atoms with Crippen molar-refractivity contribution in [2.45, 2.75) is 20.4 Å². The summed E-state index contributed by atoms with van der Waals surface area (Å²) in [6.07, 6.45) is 3.80. The molecule has 0 saturated carbocycles. The Labute approximate surface area is 77.0 Å². The molecule has 0 bridgehead atoms. The molecular weight excluding hydrogens is 164 g/mol. The third kappa shape index (κ3) is 1.37. The van der Waals surface area contributed by atoms with Crippen LogP contribution in [0.2, 0.25) is 0 Å². The predicted octanol–water partition coefficient (Wildman–Crippen LogP) is 2.47. The molecule has 0 aliphatic heterocycles. The van der Waals surface area contributed by atoms with Gasteiger partial charge < -0.3 is 8.98 Å². The van der Waals surface area contributed by atoms with E-state index in [4.69, 9.17) is 4.42 Å². The fraction of sp³-hybridized carbons (Fsp3) is 0.300. The average molecular weight is 176 g/mol. The Morgan fingerprint density at radius 2 is 2.38 bits per heavy atom. The van der Waals surface area contributed by atoms with Gasteiger partial charge in [0.1, 0.15) is 0 Å². The zero-order valence-electron chi connectivity index (χ0n) is 7.82. The van der Waals surface area contributed by atoms with Crippen molar-refractivity contribution in [2.75, 3.05) is 0 Å². The van der Waals surface area contributed by atoms with Crippen LogP contribution >= 0.6 is 0 Å². The van der Waals surface area contributed by atoms with Gasteiger partial charge in [-0.05, 0) is 19.1 Å². The molecule has 0 amide bonds. The number of nitrogens with zero attached hydrogens (tertiary/aromatic N) is 2. The minimum absolute atomic E-state index is 0.707. The van der Waals surface area contributed by atoms with Crippen molar-refractivity contribution >= 4 is 0 Å². The van der Waals surface area contributed by atoms with Gasteiger partial charge in [0.25, 0.3) is 0 Å². The molecule has 0 unspecified atom stereocenters. The van der Waals surface area contributed by atoms with Crippen LogP contribution in [0.25, 0.3) is 11.5 Å². The van der Waals surface area contributed by atoms with Gasteiger partial charge in [-0.25, -0.2) is 4.98 Å². The molecule has 2 aromatic heterocycles. The molecule has 3 nitrogen and oxygen atoms in total. The molecule has 0 atom stereocenters. The van der Waals surface area contributed by atoms with Crippen LogP contribution in [0.3, 0.4) is 0 Å². The maximum absolute atomic E-state index is 5.44. The summed E-state index contributed by atoms with van der Waals surface area (Å²) in [7, 11) is 0. The van der Waals surface area contributed by atoms with E-state index >= 15 is 0 Å². The van der Waals surface area contributed by atoms with Gasteiger partial charge in [0.2, 0.25) is 0 Å². The average Bonchev–Trinajstić information content (AvgIpc) is 2.71. The predicted molar refractivity (Wildman–Crippen MR) is 50.3 cm³/mol. The second-order valence-corrected chi connectivity index (χ2v) is 2.92. The summed E-state index contributed by atoms with van der Waals surface area (Å²) in [6.45, 7) is 4.90. The van der Waals surface area contributed by atoms with Gasteiger partial charge in [-0.15, -0.1) is 0 Å². The summed E-state index contributed by atoms with van der Waals surface area (Å²) in [5, 5.41) is 0. The molecule has 0 aliphatic carbocycles. The molecule has 2 rings (SSSR count). The van der Waals surface area contributed by atoms with E-state index in [0.717, 1.165) is 18.0 Å². The third-order valence-electron chi connectivity index (χ3n) is 2.04. The van der Waals surface area contributed by atoms with E-state index < -0.39 is 0 Å². The summed E-state index contributed by atoms with van der Waals surface area (Å²) in [6, 6.07) is 4.04. The van der Waals surface area contributed by atoms with E-state index in [2.05, 4.69) is 16.5 Å². The number of oxazole rings is 1. The van der Waals surface area contributed by atoms with Crippen LogP contribution in [0.4, 0.5) is 0 Å². The van der Waals surface area contributed by atoms with Crippen LogP contribution in [0.15, 0.2) is 28.9 Å². The summed E-state index contributed by atoms with van der Waals surface area (Å²) in [4.78, 5) is 4.07. The molecule has 2 aromatic rings. The Hall–Kier alpha value is -1.51. The van der Waals surface area contributed by atoms with E-state index in [9.17, 15) is 0 Å². The monoisotopic (exact) mass is 176 g/mol. The lowest BCUT2D eigenvalue weighted by Gasteiger charge is -2.01. The van der Waals surface area contributed by atoms with Crippen molar-refractivity contribution in [2.24, 2.45) is 0 Å². The molecule has 2 heterocycles. The minimum atomic E-state index is 0.707. The molecule has 0 fully saturated rings. The van der Waals surface area contributed by atoms with Gasteiger partial charge in [0.15, 0.2) is 11.7 Å². The quantitative estimate of drug-likeness (QED) is 0.703. The van der Waals surface area contributed by atoms with E-state index in [0.29, 0.717) is 5.89 Å². The highest BCUT2D eigenvalue weighted by Crippen LogP contribution is 2.20. The third-order valence-corrected chi connectivity index (χ3v) is 2.04. The number of hydrogen-bond acceptors (Lipinski definition) is 2. The van der Waals surface area contributed by atoms with Crippen LogP contribution < -0.4 is 0 Å². The molecule has 0 aromatic carbocycles. The van der Waals surface area contributed by atoms with Crippen LogP contribution in [0.1, 0.15) is 12.8 Å². The second-order valence-electron chi connectivity index (χ2n) is 2.92. The van der Waals surface area contributed by atoms with Crippen molar-refractivity contribution in [3.05, 3.63) is 30.4 Å². The highest BCUT2D eigenvalue weighted by Gasteiger charge is 2.06. The first-order valence-electron chi connectivity index (χ1n) is 4.39. The number of aryl methyl sites for hydroxylation is 2. The van der Waals surface area contributed by atoms with Crippen LogP contribution in [0, 0.1) is 6.92 Å². The Morgan fingerprint density at radius 1 is 1.54 bits per heavy atom. The Kier molecular flexibility index (Phi) is 1.93. The molecule has 3 heteroatoms. The topological polar surface area (TPSA) is 31.0 Å². The van der Waals surface area contributed by atoms with E-state index in [1.165, 1.54) is 0 Å². The van der Waals surface area contributed by atoms with E-state index in [1.54, 1.807) is 6.20 Å². The smallest absolute Gasteiger partial charge is 0.191 e. The fourth-order valence-corrected chi connectivity index (χ4v) is 1.39. The van der Waals surface area contributed by atoms with Crippen molar-refractivity contribution in [3.8, 4) is 11.5 Å². The van der Waals surface area contributed by atoms with Crippen molar-refractivity contribution in [3.63, 3.8) is 0 Å². The zero-order chi connectivity index (χ0) is 9.26. The fourth-order valence-electron chi connectivity index (χ4n) is 1.39. The first-order valence-corrected chi connectivity index (χ1v) is 4.39. The minimum Gasteiger partial charge on any atom is -0.439 e. The number of rotatable bonds is 2. The first-order chi connectivity index (χ1) is 6.31. The van der Waals surface area contributed by atoms with Crippen LogP contribution in [-0.4, -0.2) is 9.55 Å².